The van der Waals surface area contributed by atoms with E-state index in [0.29, 0.717) is 17.9 Å². The van der Waals surface area contributed by atoms with E-state index in [4.69, 9.17) is 19.5 Å². The summed E-state index contributed by atoms with van der Waals surface area (Å²) in [6.45, 7) is 0.843. The van der Waals surface area contributed by atoms with Gasteiger partial charge in [-0.05, 0) is 41.5 Å². The Bertz CT molecular complexity index is 709. The van der Waals surface area contributed by atoms with Crippen molar-refractivity contribution in [1.82, 2.24) is 0 Å². The van der Waals surface area contributed by atoms with Gasteiger partial charge in [0.15, 0.2) is 11.5 Å². The predicted molar refractivity (Wildman–Crippen MR) is 72.2 cm³/mol. The highest BCUT2D eigenvalue weighted by Gasteiger charge is 2.13. The Morgan fingerprint density at radius 1 is 1.05 bits per heavy atom. The minimum absolute atomic E-state index is 0.236. The van der Waals surface area contributed by atoms with Crippen LogP contribution in [0.1, 0.15) is 16.7 Å². The number of nitriles is 1. The third-order valence-corrected chi connectivity index (χ3v) is 3.06. The van der Waals surface area contributed by atoms with E-state index >= 15 is 0 Å². The van der Waals surface area contributed by atoms with Gasteiger partial charge < -0.3 is 14.2 Å². The van der Waals surface area contributed by atoms with Crippen LogP contribution in [0, 0.1) is 17.1 Å². The quantitative estimate of drug-likeness (QED) is 0.866. The highest BCUT2D eigenvalue weighted by atomic mass is 19.1. The van der Waals surface area contributed by atoms with Crippen LogP contribution in [0.4, 0.5) is 4.39 Å². The monoisotopic (exact) mass is 285 g/mol. The number of ether oxygens (including phenoxy) is 3. The Morgan fingerprint density at radius 3 is 2.71 bits per heavy atom. The third-order valence-electron chi connectivity index (χ3n) is 3.06. The van der Waals surface area contributed by atoms with Crippen molar-refractivity contribution in [3.63, 3.8) is 0 Å². The van der Waals surface area contributed by atoms with Crippen LogP contribution in [-0.2, 0) is 18.0 Å². The molecule has 106 valence electrons. The first kappa shape index (κ1) is 13.4. The van der Waals surface area contributed by atoms with E-state index in [1.54, 1.807) is 6.07 Å². The summed E-state index contributed by atoms with van der Waals surface area (Å²) in [5.41, 5.74) is 1.86. The molecular formula is C16H12FNO3. The number of halogens is 1. The van der Waals surface area contributed by atoms with Crippen LogP contribution < -0.4 is 9.47 Å². The molecule has 0 saturated heterocycles. The SMILES string of the molecule is N#Cc1cc(F)cc(COCc2ccc3c(c2)OCO3)c1. The molecule has 0 bridgehead atoms. The normalized spacial score (nSPS) is 12.2. The summed E-state index contributed by atoms with van der Waals surface area (Å²) in [4.78, 5) is 0. The largest absolute Gasteiger partial charge is 0.454 e. The van der Waals surface area contributed by atoms with Crippen molar-refractivity contribution in [2.45, 2.75) is 13.2 Å². The van der Waals surface area contributed by atoms with Gasteiger partial charge in [0.2, 0.25) is 6.79 Å². The summed E-state index contributed by atoms with van der Waals surface area (Å²) in [5, 5.41) is 8.80. The molecule has 0 saturated carbocycles. The molecule has 0 aromatic heterocycles. The van der Waals surface area contributed by atoms with Crippen molar-refractivity contribution in [1.29, 1.82) is 5.26 Å². The van der Waals surface area contributed by atoms with Gasteiger partial charge in [-0.15, -0.1) is 0 Å². The molecule has 3 rings (SSSR count). The smallest absolute Gasteiger partial charge is 0.231 e. The first-order valence-electron chi connectivity index (χ1n) is 6.40. The van der Waals surface area contributed by atoms with Gasteiger partial charge in [-0.25, -0.2) is 4.39 Å². The molecule has 0 atom stereocenters. The number of nitrogens with zero attached hydrogens (tertiary/aromatic N) is 1. The second-order valence-corrected chi connectivity index (χ2v) is 4.64. The summed E-state index contributed by atoms with van der Waals surface area (Å²) in [6.07, 6.45) is 0. The molecule has 0 spiro atoms. The fourth-order valence-electron chi connectivity index (χ4n) is 2.12. The molecule has 0 amide bonds. The summed E-state index contributed by atoms with van der Waals surface area (Å²) in [6, 6.07) is 11.7. The van der Waals surface area contributed by atoms with Crippen LogP contribution in [0.25, 0.3) is 0 Å². The van der Waals surface area contributed by atoms with E-state index in [2.05, 4.69) is 0 Å². The molecule has 1 heterocycles. The molecule has 0 radical (unpaired) electrons. The Hall–Kier alpha value is -2.58. The minimum atomic E-state index is -0.435. The number of hydrogen-bond acceptors (Lipinski definition) is 4. The molecule has 21 heavy (non-hydrogen) atoms. The van der Waals surface area contributed by atoms with E-state index in [-0.39, 0.29) is 19.0 Å². The molecule has 0 unspecified atom stereocenters. The summed E-state index contributed by atoms with van der Waals surface area (Å²) < 4.78 is 29.3. The first-order valence-corrected chi connectivity index (χ1v) is 6.40. The van der Waals surface area contributed by atoms with E-state index in [0.717, 1.165) is 11.3 Å². The van der Waals surface area contributed by atoms with Crippen molar-refractivity contribution >= 4 is 0 Å². The molecule has 4 nitrogen and oxygen atoms in total. The van der Waals surface area contributed by atoms with Crippen molar-refractivity contribution in [3.8, 4) is 17.6 Å². The van der Waals surface area contributed by atoms with Gasteiger partial charge in [0.05, 0.1) is 24.8 Å². The Kier molecular flexibility index (Phi) is 3.71. The second-order valence-electron chi connectivity index (χ2n) is 4.64. The number of benzene rings is 2. The maximum Gasteiger partial charge on any atom is 0.231 e. The van der Waals surface area contributed by atoms with Crippen LogP contribution in [0.3, 0.4) is 0 Å². The van der Waals surface area contributed by atoms with E-state index in [1.807, 2.05) is 24.3 Å². The first-order chi connectivity index (χ1) is 10.2. The zero-order valence-electron chi connectivity index (χ0n) is 11.1. The van der Waals surface area contributed by atoms with Crippen LogP contribution in [-0.4, -0.2) is 6.79 Å². The topological polar surface area (TPSA) is 51.5 Å². The van der Waals surface area contributed by atoms with Gasteiger partial charge in [0, 0.05) is 0 Å². The van der Waals surface area contributed by atoms with E-state index < -0.39 is 5.82 Å². The van der Waals surface area contributed by atoms with Crippen LogP contribution >= 0.6 is 0 Å². The predicted octanol–water partition coefficient (Wildman–Crippen LogP) is 3.14. The maximum atomic E-state index is 13.3. The lowest BCUT2D eigenvalue weighted by molar-refractivity contribution is 0.107. The Labute approximate surface area is 121 Å². The van der Waals surface area contributed by atoms with Gasteiger partial charge in [0.1, 0.15) is 5.82 Å². The lowest BCUT2D eigenvalue weighted by Gasteiger charge is -2.06. The standard InChI is InChI=1S/C16H12FNO3/c17-14-4-12(7-18)3-13(5-14)9-19-8-11-1-2-15-16(6-11)21-10-20-15/h1-6H,8-10H2. The zero-order chi connectivity index (χ0) is 14.7. The molecule has 1 aliphatic rings. The van der Waals surface area contributed by atoms with Crippen molar-refractivity contribution in [2.75, 3.05) is 6.79 Å². The lowest BCUT2D eigenvalue weighted by Crippen LogP contribution is -1.96. The minimum Gasteiger partial charge on any atom is -0.454 e. The summed E-state index contributed by atoms with van der Waals surface area (Å²) in [5.74, 6) is 0.992. The Morgan fingerprint density at radius 2 is 1.86 bits per heavy atom. The van der Waals surface area contributed by atoms with Crippen molar-refractivity contribution in [2.24, 2.45) is 0 Å². The number of fused-ring (bicyclic) bond motifs is 1. The second kappa shape index (κ2) is 5.81. The molecule has 2 aromatic carbocycles. The van der Waals surface area contributed by atoms with Crippen LogP contribution in [0.15, 0.2) is 36.4 Å². The molecule has 1 aliphatic heterocycles. The van der Waals surface area contributed by atoms with Gasteiger partial charge in [0.25, 0.3) is 0 Å². The Balaban J connectivity index is 1.61. The molecule has 5 heteroatoms. The summed E-state index contributed by atoms with van der Waals surface area (Å²) in [7, 11) is 0. The fourth-order valence-corrected chi connectivity index (χ4v) is 2.12. The van der Waals surface area contributed by atoms with Crippen LogP contribution in [0.5, 0.6) is 11.5 Å². The van der Waals surface area contributed by atoms with Crippen LogP contribution in [0.2, 0.25) is 0 Å². The van der Waals surface area contributed by atoms with Gasteiger partial charge >= 0.3 is 0 Å². The molecular weight excluding hydrogens is 273 g/mol. The highest BCUT2D eigenvalue weighted by Crippen LogP contribution is 2.32. The van der Waals surface area contributed by atoms with Gasteiger partial charge in [-0.3, -0.25) is 0 Å². The van der Waals surface area contributed by atoms with E-state index in [1.165, 1.54) is 12.1 Å². The maximum absolute atomic E-state index is 13.3. The fraction of sp³-hybridized carbons (Fsp3) is 0.188. The lowest BCUT2D eigenvalue weighted by atomic mass is 10.1. The number of rotatable bonds is 4. The molecule has 0 fully saturated rings. The highest BCUT2D eigenvalue weighted by molar-refractivity contribution is 5.44. The molecule has 0 N–H and O–H groups in total. The van der Waals surface area contributed by atoms with Crippen molar-refractivity contribution in [3.05, 3.63) is 58.9 Å². The van der Waals surface area contributed by atoms with E-state index in [9.17, 15) is 4.39 Å². The van der Waals surface area contributed by atoms with Gasteiger partial charge in [-0.2, -0.15) is 5.26 Å². The average Bonchev–Trinajstić information content (AvgIpc) is 2.94. The number of hydrogen-bond donors (Lipinski definition) is 0. The average molecular weight is 285 g/mol. The molecule has 2 aromatic rings. The third kappa shape index (κ3) is 3.12. The summed E-state index contributed by atoms with van der Waals surface area (Å²) >= 11 is 0. The zero-order valence-corrected chi connectivity index (χ0v) is 11.1. The van der Waals surface area contributed by atoms with Crippen molar-refractivity contribution < 1.29 is 18.6 Å². The molecule has 0 aliphatic carbocycles. The van der Waals surface area contributed by atoms with Gasteiger partial charge in [-0.1, -0.05) is 6.07 Å².